The fourth-order valence-electron chi connectivity index (χ4n) is 2.29. The van der Waals surface area contributed by atoms with Gasteiger partial charge in [-0.25, -0.2) is 4.79 Å². The maximum absolute atomic E-state index is 11.2. The van der Waals surface area contributed by atoms with Crippen LogP contribution in [0.25, 0.3) is 10.9 Å². The highest BCUT2D eigenvalue weighted by Gasteiger charge is 2.22. The lowest BCUT2D eigenvalue weighted by Gasteiger charge is -2.09. The van der Waals surface area contributed by atoms with Gasteiger partial charge in [-0.2, -0.15) is 0 Å². The molecule has 2 heterocycles. The number of amides is 1. The Kier molecular flexibility index (Phi) is 2.01. The van der Waals surface area contributed by atoms with Crippen LogP contribution in [-0.2, 0) is 17.5 Å². The van der Waals surface area contributed by atoms with Crippen molar-refractivity contribution in [1.82, 2.24) is 15.2 Å². The maximum atomic E-state index is 11.2. The Morgan fingerprint density at radius 1 is 1.62 bits per heavy atom. The highest BCUT2D eigenvalue weighted by Crippen LogP contribution is 2.21. The van der Waals surface area contributed by atoms with E-state index in [1.54, 1.807) is 18.2 Å². The molecular formula is C16H21N3O2. The number of cyclic esters (lactones) is 1. The molecule has 0 bridgehead atoms. The number of hydrogen-bond donors (Lipinski definition) is 2. The zero-order valence-corrected chi connectivity index (χ0v) is 11.5. The lowest BCUT2D eigenvalue weighted by Crippen LogP contribution is -2.28. The van der Waals surface area contributed by atoms with Crippen LogP contribution in [0.4, 0.5) is 4.79 Å². The average Bonchev–Trinajstić information content (AvgIpc) is 3.15. The number of fused-ring (bicyclic) bond motifs is 1. The third kappa shape index (κ3) is 3.19. The van der Waals surface area contributed by atoms with E-state index >= 15 is 0 Å². The van der Waals surface area contributed by atoms with E-state index in [1.807, 2.05) is 0 Å². The summed E-state index contributed by atoms with van der Waals surface area (Å²) in [6.07, 6.45) is -3.24. The first kappa shape index (κ1) is 7.31. The smallest absolute Gasteiger partial charge is 0.407 e. The van der Waals surface area contributed by atoms with Gasteiger partial charge < -0.3 is 19.9 Å². The van der Waals surface area contributed by atoms with E-state index in [9.17, 15) is 4.79 Å². The van der Waals surface area contributed by atoms with Crippen LogP contribution in [0.3, 0.4) is 0 Å². The van der Waals surface area contributed by atoms with E-state index in [0.29, 0.717) is 16.8 Å². The van der Waals surface area contributed by atoms with Crippen molar-refractivity contribution in [3.8, 4) is 0 Å². The first-order chi connectivity index (χ1) is 13.2. The van der Waals surface area contributed by atoms with Gasteiger partial charge in [0.2, 0.25) is 0 Å². The van der Waals surface area contributed by atoms with E-state index in [0.717, 1.165) is 12.6 Å². The maximum Gasteiger partial charge on any atom is 0.407 e. The van der Waals surface area contributed by atoms with Gasteiger partial charge in [0, 0.05) is 33.2 Å². The van der Waals surface area contributed by atoms with Crippen molar-refractivity contribution in [3.05, 3.63) is 35.5 Å². The summed E-state index contributed by atoms with van der Waals surface area (Å²) in [5.74, 6) is 0. The van der Waals surface area contributed by atoms with Crippen molar-refractivity contribution in [3.63, 3.8) is 0 Å². The fourth-order valence-corrected chi connectivity index (χ4v) is 2.29. The summed E-state index contributed by atoms with van der Waals surface area (Å²) in [4.78, 5) is 14.3. The SMILES string of the molecule is [2H]c1[nH]c2ccc(C[C@H]3COC(=O)N3)cc2c1C([2H])([2H])C([2H])([2H])N(C)C([2H])([2H])[2H]. The summed E-state index contributed by atoms with van der Waals surface area (Å²) in [6.45, 7) is -5.59. The van der Waals surface area contributed by atoms with Crippen LogP contribution in [0.15, 0.2) is 24.4 Å². The number of hydrogen-bond acceptors (Lipinski definition) is 3. The van der Waals surface area contributed by atoms with Crippen molar-refractivity contribution in [2.24, 2.45) is 0 Å². The Morgan fingerprint density at radius 2 is 2.52 bits per heavy atom. The quantitative estimate of drug-likeness (QED) is 0.886. The number of likely N-dealkylation sites (N-methyl/N-ethyl adjacent to an activating group) is 1. The number of nitrogens with one attached hydrogen (secondary N) is 2. The van der Waals surface area contributed by atoms with Crippen LogP contribution in [0.2, 0.25) is 0 Å². The molecule has 1 amide bonds. The zero-order valence-electron chi connectivity index (χ0n) is 19.5. The lowest BCUT2D eigenvalue weighted by atomic mass is 10.0. The summed E-state index contributed by atoms with van der Waals surface area (Å²) in [5, 5.41) is 2.93. The molecule has 112 valence electrons. The third-order valence-electron chi connectivity index (χ3n) is 3.24. The number of aryl methyl sites for hydroxylation is 1. The minimum Gasteiger partial charge on any atom is -0.447 e. The van der Waals surface area contributed by atoms with Crippen molar-refractivity contribution in [1.29, 1.82) is 0 Å². The third-order valence-corrected chi connectivity index (χ3v) is 3.24. The van der Waals surface area contributed by atoms with Crippen molar-refractivity contribution < 1.29 is 20.5 Å². The van der Waals surface area contributed by atoms with Crippen molar-refractivity contribution >= 4 is 17.0 Å². The van der Waals surface area contributed by atoms with Gasteiger partial charge in [-0.1, -0.05) is 6.07 Å². The second kappa shape index (κ2) is 5.77. The Hall–Kier alpha value is -2.01. The number of carbonyl (C=O) groups is 1. The van der Waals surface area contributed by atoms with E-state index in [2.05, 4.69) is 10.3 Å². The van der Waals surface area contributed by atoms with Gasteiger partial charge >= 0.3 is 6.09 Å². The van der Waals surface area contributed by atoms with Gasteiger partial charge in [-0.15, -0.1) is 0 Å². The molecule has 1 atom stereocenters. The van der Waals surface area contributed by atoms with Crippen LogP contribution in [-0.4, -0.2) is 49.1 Å². The molecule has 1 aromatic carbocycles. The number of aromatic amines is 1. The number of H-pyrrole nitrogens is 1. The number of nitrogens with zero attached hydrogens (tertiary/aromatic N) is 1. The summed E-state index contributed by atoms with van der Waals surface area (Å²) in [5.41, 5.74) is 0.896. The molecule has 1 aromatic heterocycles. The molecule has 2 N–H and O–H groups in total. The molecule has 1 saturated heterocycles. The van der Waals surface area contributed by atoms with Crippen molar-refractivity contribution in [2.45, 2.75) is 18.8 Å². The number of ether oxygens (including phenoxy) is 1. The Bertz CT molecular complexity index is 940. The summed E-state index contributed by atoms with van der Waals surface area (Å²) < 4.78 is 68.6. The predicted octanol–water partition coefficient (Wildman–Crippen LogP) is 1.92. The van der Waals surface area contributed by atoms with Gasteiger partial charge in [-0.05, 0) is 50.1 Å². The highest BCUT2D eigenvalue weighted by atomic mass is 16.6. The second-order valence-corrected chi connectivity index (χ2v) is 4.94. The molecule has 0 unspecified atom stereocenters. The molecule has 1 aliphatic heterocycles. The van der Waals surface area contributed by atoms with Gasteiger partial charge in [0.15, 0.2) is 0 Å². The average molecular weight is 295 g/mol. The Balaban J connectivity index is 2.04. The van der Waals surface area contributed by atoms with E-state index in [1.165, 1.54) is 0 Å². The molecule has 1 fully saturated rings. The first-order valence-corrected chi connectivity index (χ1v) is 6.54. The first-order valence-electron chi connectivity index (χ1n) is 10.5. The highest BCUT2D eigenvalue weighted by molar-refractivity contribution is 5.84. The molecule has 21 heavy (non-hydrogen) atoms. The van der Waals surface area contributed by atoms with Crippen LogP contribution < -0.4 is 5.32 Å². The monoisotopic (exact) mass is 295 g/mol. The topological polar surface area (TPSA) is 57.4 Å². The number of rotatable bonds is 5. The van der Waals surface area contributed by atoms with Gasteiger partial charge in [0.25, 0.3) is 0 Å². The zero-order chi connectivity index (χ0) is 21.8. The normalized spacial score (nSPS) is 25.8. The molecule has 2 aromatic rings. The van der Waals surface area contributed by atoms with E-state index in [4.69, 9.17) is 15.7 Å². The molecular weight excluding hydrogens is 266 g/mol. The van der Waals surface area contributed by atoms with Gasteiger partial charge in [0.1, 0.15) is 6.61 Å². The Labute approximate surface area is 135 Å². The van der Waals surface area contributed by atoms with Crippen LogP contribution in [0, 0.1) is 0 Å². The van der Waals surface area contributed by atoms with Crippen LogP contribution in [0.1, 0.15) is 22.1 Å². The molecule has 0 radical (unpaired) electrons. The number of benzene rings is 1. The molecule has 1 aliphatic rings. The van der Waals surface area contributed by atoms with Crippen LogP contribution >= 0.6 is 0 Å². The van der Waals surface area contributed by atoms with E-state index < -0.39 is 25.9 Å². The van der Waals surface area contributed by atoms with Crippen LogP contribution in [0.5, 0.6) is 0 Å². The lowest BCUT2D eigenvalue weighted by molar-refractivity contribution is 0.177. The molecule has 3 rings (SSSR count). The molecule has 5 heteroatoms. The fraction of sp³-hybridized carbons (Fsp3) is 0.438. The second-order valence-electron chi connectivity index (χ2n) is 4.94. The minimum absolute atomic E-state index is 0.202. The summed E-state index contributed by atoms with van der Waals surface area (Å²) >= 11 is 0. The van der Waals surface area contributed by atoms with E-state index in [-0.39, 0.29) is 29.8 Å². The molecule has 0 saturated carbocycles. The summed E-state index contributed by atoms with van der Waals surface area (Å²) in [6, 6.07) is 4.77. The largest absolute Gasteiger partial charge is 0.447 e. The number of alkyl carbamates (subject to hydrolysis) is 1. The predicted molar refractivity (Wildman–Crippen MR) is 82.5 cm³/mol. The number of carbonyl (C=O) groups excluding carboxylic acids is 1. The standard InChI is InChI=1S/C16H21N3O2/c1-19(2)6-5-12-9-17-15-4-3-11(8-14(12)15)7-13-10-21-16(20)18-13/h3-4,8-9,13,17H,5-7,10H2,1-2H3,(H,18,20)/t13-/m0/s1/i1D3,5D2,6D2,9D. The Morgan fingerprint density at radius 3 is 3.29 bits per heavy atom. The summed E-state index contributed by atoms with van der Waals surface area (Å²) in [7, 11) is 0.984. The van der Waals surface area contributed by atoms with Crippen molar-refractivity contribution in [2.75, 3.05) is 27.1 Å². The molecule has 5 nitrogen and oxygen atoms in total. The van der Waals surface area contributed by atoms with Gasteiger partial charge in [0.05, 0.1) is 7.41 Å². The van der Waals surface area contributed by atoms with Gasteiger partial charge in [-0.3, -0.25) is 0 Å². The molecule has 0 spiro atoms. The number of aromatic nitrogens is 1. The molecule has 0 aliphatic carbocycles. The minimum atomic E-state index is -2.92.